The standard InChI is InChI=1S/C28H30N2O3/c1-29(21-25-9-5-6-10-27(25)30-17-19-32-20-18-30)28(31)16-13-23-11-14-26(15-12-23)33-22-24-7-3-2-4-8-24/h2-16H,17-22H2,1H3/b16-13+. The highest BCUT2D eigenvalue weighted by Gasteiger charge is 2.16. The number of morpholine rings is 1. The van der Waals surface area contributed by atoms with Gasteiger partial charge >= 0.3 is 0 Å². The van der Waals surface area contributed by atoms with Crippen LogP contribution in [0.3, 0.4) is 0 Å². The number of amides is 1. The molecule has 0 bridgehead atoms. The molecule has 5 heteroatoms. The highest BCUT2D eigenvalue weighted by atomic mass is 16.5. The minimum absolute atomic E-state index is 0.0313. The van der Waals surface area contributed by atoms with Crippen LogP contribution in [0.2, 0.25) is 0 Å². The molecule has 0 aromatic heterocycles. The predicted molar refractivity (Wildman–Crippen MR) is 132 cm³/mol. The Morgan fingerprint density at radius 2 is 1.67 bits per heavy atom. The van der Waals surface area contributed by atoms with Crippen molar-refractivity contribution in [2.75, 3.05) is 38.3 Å². The SMILES string of the molecule is CN(Cc1ccccc1N1CCOCC1)C(=O)/C=C/c1ccc(OCc2ccccc2)cc1. The average Bonchev–Trinajstić information content (AvgIpc) is 2.88. The highest BCUT2D eigenvalue weighted by molar-refractivity contribution is 5.91. The molecule has 1 amide bonds. The Kier molecular flexibility index (Phi) is 7.77. The highest BCUT2D eigenvalue weighted by Crippen LogP contribution is 2.23. The molecule has 3 aromatic carbocycles. The zero-order valence-corrected chi connectivity index (χ0v) is 19.0. The van der Waals surface area contributed by atoms with Gasteiger partial charge in [-0.2, -0.15) is 0 Å². The lowest BCUT2D eigenvalue weighted by atomic mass is 10.1. The second-order valence-corrected chi connectivity index (χ2v) is 8.10. The monoisotopic (exact) mass is 442 g/mol. The summed E-state index contributed by atoms with van der Waals surface area (Å²) in [5.41, 5.74) is 4.40. The topological polar surface area (TPSA) is 42.0 Å². The van der Waals surface area contributed by atoms with E-state index in [0.717, 1.165) is 48.7 Å². The second-order valence-electron chi connectivity index (χ2n) is 8.10. The fourth-order valence-corrected chi connectivity index (χ4v) is 3.80. The maximum Gasteiger partial charge on any atom is 0.246 e. The number of carbonyl (C=O) groups excluding carboxylic acids is 1. The molecule has 0 spiro atoms. The fraction of sp³-hybridized carbons (Fsp3) is 0.250. The van der Waals surface area contributed by atoms with Gasteiger partial charge in [0.1, 0.15) is 12.4 Å². The molecule has 3 aromatic rings. The van der Waals surface area contributed by atoms with Gasteiger partial charge in [0.15, 0.2) is 0 Å². The first-order valence-corrected chi connectivity index (χ1v) is 11.3. The number of ether oxygens (including phenoxy) is 2. The van der Waals surface area contributed by atoms with Crippen LogP contribution in [0.25, 0.3) is 6.08 Å². The first-order valence-electron chi connectivity index (χ1n) is 11.3. The zero-order chi connectivity index (χ0) is 22.9. The van der Waals surface area contributed by atoms with Crippen LogP contribution in [0.1, 0.15) is 16.7 Å². The van der Waals surface area contributed by atoms with Crippen LogP contribution in [-0.2, 0) is 22.7 Å². The van der Waals surface area contributed by atoms with Gasteiger partial charge < -0.3 is 19.3 Å². The van der Waals surface area contributed by atoms with Gasteiger partial charge in [0, 0.05) is 38.4 Å². The van der Waals surface area contributed by atoms with Gasteiger partial charge in [-0.25, -0.2) is 0 Å². The number of para-hydroxylation sites is 1. The normalized spacial score (nSPS) is 13.8. The number of benzene rings is 3. The number of rotatable bonds is 8. The lowest BCUT2D eigenvalue weighted by Gasteiger charge is -2.31. The molecule has 1 saturated heterocycles. The van der Waals surface area contributed by atoms with E-state index in [1.54, 1.807) is 11.0 Å². The average molecular weight is 443 g/mol. The largest absolute Gasteiger partial charge is 0.489 e. The van der Waals surface area contributed by atoms with Crippen molar-refractivity contribution in [2.24, 2.45) is 0 Å². The molecule has 0 saturated carbocycles. The van der Waals surface area contributed by atoms with Gasteiger partial charge in [0.05, 0.1) is 13.2 Å². The quantitative estimate of drug-likeness (QED) is 0.471. The van der Waals surface area contributed by atoms with Crippen molar-refractivity contribution in [3.05, 3.63) is 102 Å². The maximum atomic E-state index is 12.7. The third-order valence-corrected chi connectivity index (χ3v) is 5.67. The minimum atomic E-state index is -0.0313. The first-order chi connectivity index (χ1) is 16.2. The van der Waals surface area contributed by atoms with Crippen LogP contribution in [0.4, 0.5) is 5.69 Å². The van der Waals surface area contributed by atoms with Gasteiger partial charge in [-0.1, -0.05) is 60.7 Å². The Labute approximate surface area is 195 Å². The summed E-state index contributed by atoms with van der Waals surface area (Å²) in [6.07, 6.45) is 3.46. The summed E-state index contributed by atoms with van der Waals surface area (Å²) in [6, 6.07) is 26.1. The summed E-state index contributed by atoms with van der Waals surface area (Å²) in [6.45, 7) is 4.32. The molecule has 0 N–H and O–H groups in total. The van der Waals surface area contributed by atoms with Gasteiger partial charge in [-0.3, -0.25) is 4.79 Å². The van der Waals surface area contributed by atoms with Gasteiger partial charge in [0.2, 0.25) is 5.91 Å². The van der Waals surface area contributed by atoms with E-state index in [1.165, 1.54) is 5.69 Å². The Morgan fingerprint density at radius 1 is 0.970 bits per heavy atom. The molecule has 4 rings (SSSR count). The lowest BCUT2D eigenvalue weighted by Crippen LogP contribution is -2.37. The van der Waals surface area contributed by atoms with Gasteiger partial charge in [-0.15, -0.1) is 0 Å². The number of likely N-dealkylation sites (N-methyl/N-ethyl adjacent to an activating group) is 1. The molecular weight excluding hydrogens is 412 g/mol. The summed E-state index contributed by atoms with van der Waals surface area (Å²) in [4.78, 5) is 16.8. The molecule has 1 heterocycles. The Bertz CT molecular complexity index is 1060. The van der Waals surface area contributed by atoms with E-state index in [9.17, 15) is 4.79 Å². The van der Waals surface area contributed by atoms with E-state index >= 15 is 0 Å². The van der Waals surface area contributed by atoms with E-state index in [-0.39, 0.29) is 5.91 Å². The number of anilines is 1. The molecule has 1 aliphatic rings. The summed E-state index contributed by atoms with van der Waals surface area (Å²) in [5, 5.41) is 0. The smallest absolute Gasteiger partial charge is 0.246 e. The molecule has 33 heavy (non-hydrogen) atoms. The van der Waals surface area contributed by atoms with Gasteiger partial charge in [0.25, 0.3) is 0 Å². The van der Waals surface area contributed by atoms with Crippen LogP contribution in [0.15, 0.2) is 84.9 Å². The molecule has 1 aliphatic heterocycles. The van der Waals surface area contributed by atoms with Crippen molar-refractivity contribution in [1.29, 1.82) is 0 Å². The van der Waals surface area contributed by atoms with E-state index in [2.05, 4.69) is 17.0 Å². The van der Waals surface area contributed by atoms with E-state index in [4.69, 9.17) is 9.47 Å². The van der Waals surface area contributed by atoms with Crippen molar-refractivity contribution in [3.63, 3.8) is 0 Å². The Morgan fingerprint density at radius 3 is 2.42 bits per heavy atom. The van der Waals surface area contributed by atoms with E-state index in [1.807, 2.05) is 79.9 Å². The molecule has 1 fully saturated rings. The molecule has 170 valence electrons. The predicted octanol–water partition coefficient (Wildman–Crippen LogP) is 4.77. The molecule has 0 radical (unpaired) electrons. The molecule has 5 nitrogen and oxygen atoms in total. The second kappa shape index (κ2) is 11.3. The van der Waals surface area contributed by atoms with E-state index in [0.29, 0.717) is 13.2 Å². The number of hydrogen-bond donors (Lipinski definition) is 0. The first kappa shape index (κ1) is 22.6. The molecular formula is C28H30N2O3. The van der Waals surface area contributed by atoms with Crippen LogP contribution >= 0.6 is 0 Å². The van der Waals surface area contributed by atoms with Crippen molar-refractivity contribution in [3.8, 4) is 5.75 Å². The van der Waals surface area contributed by atoms with Crippen molar-refractivity contribution >= 4 is 17.7 Å². The van der Waals surface area contributed by atoms with Crippen LogP contribution in [0, 0.1) is 0 Å². The van der Waals surface area contributed by atoms with Crippen molar-refractivity contribution < 1.29 is 14.3 Å². The van der Waals surface area contributed by atoms with Crippen molar-refractivity contribution in [1.82, 2.24) is 4.90 Å². The lowest BCUT2D eigenvalue weighted by molar-refractivity contribution is -0.125. The van der Waals surface area contributed by atoms with Crippen LogP contribution in [-0.4, -0.2) is 44.2 Å². The Hall–Kier alpha value is -3.57. The molecule has 0 aliphatic carbocycles. The van der Waals surface area contributed by atoms with Crippen LogP contribution < -0.4 is 9.64 Å². The number of hydrogen-bond acceptors (Lipinski definition) is 4. The van der Waals surface area contributed by atoms with Crippen LogP contribution in [0.5, 0.6) is 5.75 Å². The molecule has 0 atom stereocenters. The Balaban J connectivity index is 1.32. The third-order valence-electron chi connectivity index (χ3n) is 5.67. The van der Waals surface area contributed by atoms with Crippen molar-refractivity contribution in [2.45, 2.75) is 13.2 Å². The summed E-state index contributed by atoms with van der Waals surface area (Å²) in [7, 11) is 1.84. The summed E-state index contributed by atoms with van der Waals surface area (Å²) < 4.78 is 11.3. The van der Waals surface area contributed by atoms with Gasteiger partial charge in [-0.05, 0) is 41.0 Å². The third kappa shape index (κ3) is 6.46. The molecule has 0 unspecified atom stereocenters. The number of nitrogens with zero attached hydrogens (tertiary/aromatic N) is 2. The fourth-order valence-electron chi connectivity index (χ4n) is 3.80. The minimum Gasteiger partial charge on any atom is -0.489 e. The zero-order valence-electron chi connectivity index (χ0n) is 19.0. The summed E-state index contributed by atoms with van der Waals surface area (Å²) >= 11 is 0. The summed E-state index contributed by atoms with van der Waals surface area (Å²) in [5.74, 6) is 0.773. The van der Waals surface area contributed by atoms with E-state index < -0.39 is 0 Å². The number of carbonyl (C=O) groups is 1. The maximum absolute atomic E-state index is 12.7.